The van der Waals surface area contributed by atoms with Crippen LogP contribution in [0.2, 0.25) is 0 Å². The maximum Gasteiger partial charge on any atom is 0.140 e. The van der Waals surface area contributed by atoms with Crippen LogP contribution in [0.1, 0.15) is 10.7 Å². The predicted molar refractivity (Wildman–Crippen MR) is 64.2 cm³/mol. The molecule has 0 amide bonds. The summed E-state index contributed by atoms with van der Waals surface area (Å²) in [5.74, 6) is 1.66. The average Bonchev–Trinajstić information content (AvgIpc) is 2.73. The van der Waals surface area contributed by atoms with Gasteiger partial charge < -0.3 is 9.47 Å². The van der Waals surface area contributed by atoms with Crippen molar-refractivity contribution in [2.75, 3.05) is 7.11 Å². The number of benzene rings is 1. The first-order valence-corrected chi connectivity index (χ1v) is 5.84. The van der Waals surface area contributed by atoms with Crippen molar-refractivity contribution in [1.29, 1.82) is 0 Å². The topological polar surface area (TPSA) is 31.4 Å². The third kappa shape index (κ3) is 2.73. The van der Waals surface area contributed by atoms with Gasteiger partial charge in [0.1, 0.15) is 23.1 Å². The fourth-order valence-corrected chi connectivity index (χ4v) is 1.97. The summed E-state index contributed by atoms with van der Waals surface area (Å²) in [6.07, 6.45) is 0. The molecule has 3 nitrogen and oxygen atoms in total. The van der Waals surface area contributed by atoms with E-state index in [2.05, 4.69) is 4.98 Å². The van der Waals surface area contributed by atoms with E-state index in [4.69, 9.17) is 9.47 Å². The Labute approximate surface area is 98.7 Å². The van der Waals surface area contributed by atoms with Crippen molar-refractivity contribution in [3.63, 3.8) is 0 Å². The highest BCUT2D eigenvalue weighted by Gasteiger charge is 2.00. The summed E-state index contributed by atoms with van der Waals surface area (Å²) in [5.41, 5.74) is 1.04. The molecular weight excluding hydrogens is 222 g/mol. The molecular formula is C12H13NO2S. The first-order valence-electron chi connectivity index (χ1n) is 4.96. The van der Waals surface area contributed by atoms with Gasteiger partial charge in [0.2, 0.25) is 0 Å². The van der Waals surface area contributed by atoms with Crippen LogP contribution in [0.15, 0.2) is 29.6 Å². The molecule has 0 unspecified atom stereocenters. The molecule has 0 N–H and O–H groups in total. The fraction of sp³-hybridized carbons (Fsp3) is 0.250. The van der Waals surface area contributed by atoms with Gasteiger partial charge in [-0.2, -0.15) is 0 Å². The molecule has 0 aliphatic heterocycles. The summed E-state index contributed by atoms with van der Waals surface area (Å²) in [4.78, 5) is 4.33. The summed E-state index contributed by atoms with van der Waals surface area (Å²) < 4.78 is 10.7. The molecule has 2 aromatic rings. The molecule has 1 aromatic carbocycles. The van der Waals surface area contributed by atoms with Crippen LogP contribution in [0, 0.1) is 6.92 Å². The van der Waals surface area contributed by atoms with Gasteiger partial charge in [0, 0.05) is 11.1 Å². The summed E-state index contributed by atoms with van der Waals surface area (Å²) in [5, 5.41) is 3.01. The van der Waals surface area contributed by atoms with Crippen LogP contribution in [-0.2, 0) is 6.61 Å². The second-order valence-electron chi connectivity index (χ2n) is 3.35. The molecule has 0 saturated carbocycles. The van der Waals surface area contributed by atoms with E-state index >= 15 is 0 Å². The monoisotopic (exact) mass is 235 g/mol. The zero-order valence-corrected chi connectivity index (χ0v) is 10.1. The first-order chi connectivity index (χ1) is 7.78. The Hall–Kier alpha value is -1.55. The maximum absolute atomic E-state index is 5.60. The Morgan fingerprint density at radius 3 is 2.44 bits per heavy atom. The van der Waals surface area contributed by atoms with Gasteiger partial charge >= 0.3 is 0 Å². The predicted octanol–water partition coefficient (Wildman–Crippen LogP) is 3.04. The smallest absolute Gasteiger partial charge is 0.140 e. The Balaban J connectivity index is 1.94. The summed E-state index contributed by atoms with van der Waals surface area (Å²) >= 11 is 1.62. The molecule has 1 heterocycles. The minimum absolute atomic E-state index is 0.519. The van der Waals surface area contributed by atoms with Gasteiger partial charge in [-0.15, -0.1) is 11.3 Å². The Morgan fingerprint density at radius 2 is 1.88 bits per heavy atom. The lowest BCUT2D eigenvalue weighted by molar-refractivity contribution is 0.304. The van der Waals surface area contributed by atoms with Crippen LogP contribution < -0.4 is 9.47 Å². The molecule has 0 aliphatic rings. The van der Waals surface area contributed by atoms with Gasteiger partial charge in [0.25, 0.3) is 0 Å². The number of ether oxygens (including phenoxy) is 2. The lowest BCUT2D eigenvalue weighted by Gasteiger charge is -2.04. The number of thiazole rings is 1. The van der Waals surface area contributed by atoms with Crippen molar-refractivity contribution in [3.8, 4) is 11.5 Å². The lowest BCUT2D eigenvalue weighted by Crippen LogP contribution is -1.94. The van der Waals surface area contributed by atoms with Crippen molar-refractivity contribution in [2.24, 2.45) is 0 Å². The van der Waals surface area contributed by atoms with E-state index in [0.29, 0.717) is 6.61 Å². The van der Waals surface area contributed by atoms with Crippen molar-refractivity contribution < 1.29 is 9.47 Å². The minimum Gasteiger partial charge on any atom is -0.497 e. The molecule has 1 aromatic heterocycles. The number of hydrogen-bond donors (Lipinski definition) is 0. The van der Waals surface area contributed by atoms with Gasteiger partial charge in [-0.05, 0) is 31.2 Å². The van der Waals surface area contributed by atoms with Gasteiger partial charge in [0.05, 0.1) is 7.11 Å². The number of aromatic nitrogens is 1. The number of aryl methyl sites for hydroxylation is 1. The van der Waals surface area contributed by atoms with Crippen LogP contribution in [0.5, 0.6) is 11.5 Å². The van der Waals surface area contributed by atoms with Crippen LogP contribution in [0.25, 0.3) is 0 Å². The van der Waals surface area contributed by atoms with Crippen LogP contribution in [0.3, 0.4) is 0 Å². The number of hydrogen-bond acceptors (Lipinski definition) is 4. The molecule has 0 bridgehead atoms. The third-order valence-corrected chi connectivity index (χ3v) is 3.03. The van der Waals surface area contributed by atoms with Crippen LogP contribution in [0.4, 0.5) is 0 Å². The van der Waals surface area contributed by atoms with E-state index in [9.17, 15) is 0 Å². The number of nitrogens with zero attached hydrogens (tertiary/aromatic N) is 1. The second-order valence-corrected chi connectivity index (χ2v) is 4.29. The minimum atomic E-state index is 0.519. The molecule has 2 rings (SSSR count). The zero-order chi connectivity index (χ0) is 11.4. The van der Waals surface area contributed by atoms with Crippen LogP contribution >= 0.6 is 11.3 Å². The Morgan fingerprint density at radius 1 is 1.19 bits per heavy atom. The highest BCUT2D eigenvalue weighted by Crippen LogP contribution is 2.19. The number of methoxy groups -OCH3 is 1. The molecule has 84 valence electrons. The van der Waals surface area contributed by atoms with Gasteiger partial charge in [-0.25, -0.2) is 4.98 Å². The van der Waals surface area contributed by atoms with Crippen molar-refractivity contribution in [3.05, 3.63) is 40.3 Å². The maximum atomic E-state index is 5.60. The summed E-state index contributed by atoms with van der Waals surface area (Å²) in [7, 11) is 1.65. The van der Waals surface area contributed by atoms with Crippen LogP contribution in [-0.4, -0.2) is 12.1 Å². The van der Waals surface area contributed by atoms with E-state index in [1.165, 1.54) is 0 Å². The van der Waals surface area contributed by atoms with E-state index < -0.39 is 0 Å². The van der Waals surface area contributed by atoms with E-state index in [1.807, 2.05) is 36.6 Å². The Bertz CT molecular complexity index is 450. The molecule has 16 heavy (non-hydrogen) atoms. The molecule has 0 fully saturated rings. The third-order valence-electron chi connectivity index (χ3n) is 2.09. The van der Waals surface area contributed by atoms with E-state index in [0.717, 1.165) is 22.2 Å². The normalized spacial score (nSPS) is 10.1. The van der Waals surface area contributed by atoms with Gasteiger partial charge in [0.15, 0.2) is 0 Å². The average molecular weight is 235 g/mol. The summed E-state index contributed by atoms with van der Waals surface area (Å²) in [6.45, 7) is 2.50. The standard InChI is InChI=1S/C12H13NO2S/c1-9-8-16-12(13-9)7-15-11-5-3-10(14-2)4-6-11/h3-6,8H,7H2,1-2H3. The second kappa shape index (κ2) is 4.99. The molecule has 0 spiro atoms. The quantitative estimate of drug-likeness (QED) is 0.816. The largest absolute Gasteiger partial charge is 0.497 e. The zero-order valence-electron chi connectivity index (χ0n) is 9.27. The van der Waals surface area contributed by atoms with Crippen molar-refractivity contribution in [1.82, 2.24) is 4.98 Å². The lowest BCUT2D eigenvalue weighted by atomic mass is 10.3. The van der Waals surface area contributed by atoms with Crippen molar-refractivity contribution >= 4 is 11.3 Å². The highest BCUT2D eigenvalue weighted by atomic mass is 32.1. The molecule has 0 atom stereocenters. The van der Waals surface area contributed by atoms with Gasteiger partial charge in [-0.1, -0.05) is 0 Å². The van der Waals surface area contributed by atoms with Gasteiger partial charge in [-0.3, -0.25) is 0 Å². The highest BCUT2D eigenvalue weighted by molar-refractivity contribution is 7.09. The fourth-order valence-electron chi connectivity index (χ4n) is 1.29. The van der Waals surface area contributed by atoms with E-state index in [1.54, 1.807) is 18.4 Å². The summed E-state index contributed by atoms with van der Waals surface area (Å²) in [6, 6.07) is 7.53. The molecule has 0 aliphatic carbocycles. The molecule has 0 saturated heterocycles. The molecule has 0 radical (unpaired) electrons. The van der Waals surface area contributed by atoms with Crippen molar-refractivity contribution in [2.45, 2.75) is 13.5 Å². The van der Waals surface area contributed by atoms with E-state index in [-0.39, 0.29) is 0 Å². The molecule has 4 heteroatoms. The number of rotatable bonds is 4. The SMILES string of the molecule is COc1ccc(OCc2nc(C)cs2)cc1. The Kier molecular flexibility index (Phi) is 3.41. The first kappa shape index (κ1) is 11.0.